The van der Waals surface area contributed by atoms with E-state index in [9.17, 15) is 13.2 Å². The number of aryl methyl sites for hydroxylation is 1. The molecule has 8 heteroatoms. The molecule has 0 unspecified atom stereocenters. The summed E-state index contributed by atoms with van der Waals surface area (Å²) in [5.41, 5.74) is 2.01. The summed E-state index contributed by atoms with van der Waals surface area (Å²) in [6, 6.07) is 17.5. The molecule has 1 amide bonds. The number of sulfonamides is 1. The Kier molecular flexibility index (Phi) is 5.93. The van der Waals surface area contributed by atoms with Crippen LogP contribution in [-0.4, -0.2) is 14.3 Å². The number of amides is 1. The number of rotatable bonds is 5. The molecule has 3 aromatic carbocycles. The average Bonchev–Trinajstić information content (AvgIpc) is 2.64. The zero-order valence-corrected chi connectivity index (χ0v) is 17.1. The summed E-state index contributed by atoms with van der Waals surface area (Å²) in [6.45, 7) is 1.88. The van der Waals surface area contributed by atoms with Gasteiger partial charge in [-0.1, -0.05) is 41.4 Å². The van der Waals surface area contributed by atoms with E-state index in [0.29, 0.717) is 21.3 Å². The number of hydrogen-bond donors (Lipinski definition) is 2. The Morgan fingerprint density at radius 2 is 1.57 bits per heavy atom. The highest BCUT2D eigenvalue weighted by molar-refractivity contribution is 7.92. The van der Waals surface area contributed by atoms with Gasteiger partial charge < -0.3 is 5.32 Å². The maximum absolute atomic E-state index is 12.5. The lowest BCUT2D eigenvalue weighted by atomic mass is 10.1. The average molecular weight is 435 g/mol. The Balaban J connectivity index is 1.76. The first-order valence-electron chi connectivity index (χ1n) is 8.21. The number of para-hydroxylation sites is 1. The molecule has 0 saturated heterocycles. The van der Waals surface area contributed by atoms with Crippen LogP contribution >= 0.6 is 23.2 Å². The van der Waals surface area contributed by atoms with Crippen molar-refractivity contribution in [3.05, 3.63) is 87.9 Å². The van der Waals surface area contributed by atoms with Crippen LogP contribution in [0.4, 0.5) is 11.4 Å². The van der Waals surface area contributed by atoms with Crippen molar-refractivity contribution in [2.75, 3.05) is 10.0 Å². The molecule has 5 nitrogen and oxygen atoms in total. The molecule has 0 fully saturated rings. The van der Waals surface area contributed by atoms with Crippen LogP contribution in [0, 0.1) is 6.92 Å². The van der Waals surface area contributed by atoms with Crippen LogP contribution in [0.2, 0.25) is 10.0 Å². The van der Waals surface area contributed by atoms with E-state index >= 15 is 0 Å². The Hall–Kier alpha value is -2.54. The molecule has 144 valence electrons. The van der Waals surface area contributed by atoms with Gasteiger partial charge in [0.2, 0.25) is 0 Å². The summed E-state index contributed by atoms with van der Waals surface area (Å²) in [5, 5.41) is 3.34. The van der Waals surface area contributed by atoms with Gasteiger partial charge in [-0.15, -0.1) is 0 Å². The van der Waals surface area contributed by atoms with Gasteiger partial charge in [-0.05, 0) is 61.0 Å². The highest BCUT2D eigenvalue weighted by atomic mass is 35.5. The number of anilines is 2. The van der Waals surface area contributed by atoms with Gasteiger partial charge in [0.25, 0.3) is 15.9 Å². The van der Waals surface area contributed by atoms with Crippen molar-refractivity contribution in [1.29, 1.82) is 0 Å². The maximum Gasteiger partial charge on any atom is 0.261 e. The SMILES string of the molecule is Cc1ccc(C(=O)Nc2ccc(S(=O)(=O)Nc3ccccc3Cl)cc2)c(Cl)c1. The fraction of sp³-hybridized carbons (Fsp3) is 0.0500. The monoisotopic (exact) mass is 434 g/mol. The quantitative estimate of drug-likeness (QED) is 0.567. The third kappa shape index (κ3) is 4.65. The minimum absolute atomic E-state index is 0.0405. The third-order valence-corrected chi connectivity index (χ3v) is 5.93. The lowest BCUT2D eigenvalue weighted by molar-refractivity contribution is 0.102. The number of carbonyl (C=O) groups is 1. The van der Waals surface area contributed by atoms with Crippen molar-refractivity contribution in [3.63, 3.8) is 0 Å². The van der Waals surface area contributed by atoms with E-state index in [1.54, 1.807) is 42.5 Å². The Morgan fingerprint density at radius 3 is 2.21 bits per heavy atom. The second kappa shape index (κ2) is 8.22. The molecule has 0 aromatic heterocycles. The molecule has 0 spiro atoms. The molecule has 0 radical (unpaired) electrons. The number of hydrogen-bond acceptors (Lipinski definition) is 3. The summed E-state index contributed by atoms with van der Waals surface area (Å²) in [5.74, 6) is -0.380. The van der Waals surface area contributed by atoms with Crippen LogP contribution < -0.4 is 10.0 Å². The van der Waals surface area contributed by atoms with Crippen molar-refractivity contribution < 1.29 is 13.2 Å². The van der Waals surface area contributed by atoms with Crippen LogP contribution in [0.1, 0.15) is 15.9 Å². The minimum Gasteiger partial charge on any atom is -0.322 e. The van der Waals surface area contributed by atoms with E-state index in [0.717, 1.165) is 5.56 Å². The first-order valence-corrected chi connectivity index (χ1v) is 10.4. The molecule has 2 N–H and O–H groups in total. The summed E-state index contributed by atoms with van der Waals surface area (Å²) in [6.07, 6.45) is 0. The largest absolute Gasteiger partial charge is 0.322 e. The van der Waals surface area contributed by atoms with Gasteiger partial charge in [-0.25, -0.2) is 8.42 Å². The van der Waals surface area contributed by atoms with E-state index in [1.165, 1.54) is 24.3 Å². The summed E-state index contributed by atoms with van der Waals surface area (Å²) < 4.78 is 27.5. The van der Waals surface area contributed by atoms with Crippen molar-refractivity contribution in [1.82, 2.24) is 0 Å². The number of carbonyl (C=O) groups excluding carboxylic acids is 1. The lowest BCUT2D eigenvalue weighted by Gasteiger charge is -2.11. The second-order valence-corrected chi connectivity index (χ2v) is 8.54. The molecule has 3 aromatic rings. The number of benzene rings is 3. The van der Waals surface area contributed by atoms with Crippen molar-refractivity contribution in [3.8, 4) is 0 Å². The lowest BCUT2D eigenvalue weighted by Crippen LogP contribution is -2.14. The van der Waals surface area contributed by atoms with E-state index in [4.69, 9.17) is 23.2 Å². The number of nitrogens with one attached hydrogen (secondary N) is 2. The molecular weight excluding hydrogens is 419 g/mol. The fourth-order valence-corrected chi connectivity index (χ4v) is 4.11. The molecular formula is C20H16Cl2N2O3S. The first kappa shape index (κ1) is 20.2. The molecule has 0 aliphatic heterocycles. The Bertz CT molecular complexity index is 1130. The molecule has 0 aliphatic carbocycles. The van der Waals surface area contributed by atoms with Gasteiger partial charge in [0.1, 0.15) is 0 Å². The van der Waals surface area contributed by atoms with Gasteiger partial charge in [0.15, 0.2) is 0 Å². The van der Waals surface area contributed by atoms with Crippen molar-refractivity contribution >= 4 is 50.5 Å². The fourth-order valence-electron chi connectivity index (χ4n) is 2.47. The summed E-state index contributed by atoms with van der Waals surface area (Å²) in [4.78, 5) is 12.4. The van der Waals surface area contributed by atoms with Crippen LogP contribution in [-0.2, 0) is 10.0 Å². The van der Waals surface area contributed by atoms with E-state index < -0.39 is 10.0 Å². The van der Waals surface area contributed by atoms with Gasteiger partial charge >= 0.3 is 0 Å². The van der Waals surface area contributed by atoms with E-state index in [-0.39, 0.29) is 16.5 Å². The number of halogens is 2. The van der Waals surface area contributed by atoms with Gasteiger partial charge in [-0.2, -0.15) is 0 Å². The Morgan fingerprint density at radius 1 is 0.893 bits per heavy atom. The standard InChI is InChI=1S/C20H16Cl2N2O3S/c1-13-6-11-16(18(22)12-13)20(25)23-14-7-9-15(10-8-14)28(26,27)24-19-5-3-2-4-17(19)21/h2-12,24H,1H3,(H,23,25). The normalized spacial score (nSPS) is 11.1. The van der Waals surface area contributed by atoms with Crippen molar-refractivity contribution in [2.24, 2.45) is 0 Å². The van der Waals surface area contributed by atoms with E-state index in [1.807, 2.05) is 6.92 Å². The maximum atomic E-state index is 12.5. The smallest absolute Gasteiger partial charge is 0.261 e. The van der Waals surface area contributed by atoms with Gasteiger partial charge in [-0.3, -0.25) is 9.52 Å². The van der Waals surface area contributed by atoms with Crippen LogP contribution in [0.5, 0.6) is 0 Å². The predicted octanol–water partition coefficient (Wildman–Crippen LogP) is 5.35. The predicted molar refractivity (Wildman–Crippen MR) is 113 cm³/mol. The molecule has 0 aliphatic rings. The van der Waals surface area contributed by atoms with Crippen LogP contribution in [0.3, 0.4) is 0 Å². The summed E-state index contributed by atoms with van der Waals surface area (Å²) in [7, 11) is -3.81. The topological polar surface area (TPSA) is 75.3 Å². The molecule has 0 saturated carbocycles. The molecule has 0 heterocycles. The highest BCUT2D eigenvalue weighted by Crippen LogP contribution is 2.25. The zero-order chi connectivity index (χ0) is 20.3. The highest BCUT2D eigenvalue weighted by Gasteiger charge is 2.16. The van der Waals surface area contributed by atoms with Crippen LogP contribution in [0.15, 0.2) is 71.6 Å². The molecule has 0 bridgehead atoms. The first-order chi connectivity index (χ1) is 13.3. The van der Waals surface area contributed by atoms with Gasteiger partial charge in [0.05, 0.1) is 26.2 Å². The third-order valence-electron chi connectivity index (χ3n) is 3.91. The molecule has 3 rings (SSSR count). The molecule has 0 atom stereocenters. The molecule has 28 heavy (non-hydrogen) atoms. The van der Waals surface area contributed by atoms with Gasteiger partial charge in [0, 0.05) is 5.69 Å². The Labute approximate surface area is 173 Å². The summed E-state index contributed by atoms with van der Waals surface area (Å²) >= 11 is 12.1. The zero-order valence-electron chi connectivity index (χ0n) is 14.7. The van der Waals surface area contributed by atoms with E-state index in [2.05, 4.69) is 10.0 Å². The minimum atomic E-state index is -3.81. The van der Waals surface area contributed by atoms with Crippen molar-refractivity contribution in [2.45, 2.75) is 11.8 Å². The second-order valence-electron chi connectivity index (χ2n) is 6.05. The van der Waals surface area contributed by atoms with Crippen LogP contribution in [0.25, 0.3) is 0 Å².